The van der Waals surface area contributed by atoms with Gasteiger partial charge in [-0.2, -0.15) is 0 Å². The van der Waals surface area contributed by atoms with Crippen LogP contribution in [0.5, 0.6) is 0 Å². The molecule has 0 aliphatic heterocycles. The summed E-state index contributed by atoms with van der Waals surface area (Å²) < 4.78 is 6.11. The lowest BCUT2D eigenvalue weighted by Crippen LogP contribution is -2.20. The summed E-state index contributed by atoms with van der Waals surface area (Å²) >= 11 is 0. The van der Waals surface area contributed by atoms with E-state index >= 15 is 0 Å². The molecule has 18 heavy (non-hydrogen) atoms. The molecule has 0 amide bonds. The van der Waals surface area contributed by atoms with Crippen molar-refractivity contribution in [3.05, 3.63) is 11.6 Å². The van der Waals surface area contributed by atoms with Crippen LogP contribution in [0.2, 0.25) is 13.1 Å². The van der Waals surface area contributed by atoms with E-state index in [2.05, 4.69) is 39.9 Å². The predicted octanol–water partition coefficient (Wildman–Crippen LogP) is 5.07. The van der Waals surface area contributed by atoms with Crippen molar-refractivity contribution in [2.24, 2.45) is 5.41 Å². The fourth-order valence-electron chi connectivity index (χ4n) is 2.33. The van der Waals surface area contributed by atoms with Gasteiger partial charge in [0.05, 0.1) is 6.10 Å². The van der Waals surface area contributed by atoms with Crippen LogP contribution in [0, 0.1) is 5.41 Å². The third-order valence-electron chi connectivity index (χ3n) is 3.43. The lowest BCUT2D eigenvalue weighted by molar-refractivity contribution is 0.229. The van der Waals surface area contributed by atoms with E-state index in [1.54, 1.807) is 5.57 Å². The van der Waals surface area contributed by atoms with Crippen molar-refractivity contribution in [1.29, 1.82) is 0 Å². The topological polar surface area (TPSA) is 9.23 Å². The van der Waals surface area contributed by atoms with E-state index in [0.717, 1.165) is 0 Å². The quantitative estimate of drug-likeness (QED) is 0.322. The fraction of sp³-hybridized carbons (Fsp3) is 0.875. The molecule has 0 spiro atoms. The molecule has 1 aliphatic rings. The highest BCUT2D eigenvalue weighted by molar-refractivity contribution is 6.48. The first-order valence-corrected chi connectivity index (χ1v) is 10.5. The number of unbranched alkanes of at least 4 members (excludes halogenated alkanes) is 3. The lowest BCUT2D eigenvalue weighted by atomic mass is 9.89. The van der Waals surface area contributed by atoms with E-state index in [9.17, 15) is 0 Å². The number of hydrogen-bond donors (Lipinski definition) is 0. The molecule has 1 atom stereocenters. The summed E-state index contributed by atoms with van der Waals surface area (Å²) in [6.07, 6.45) is 12.1. The van der Waals surface area contributed by atoms with E-state index in [1.807, 2.05) is 0 Å². The zero-order valence-corrected chi connectivity index (χ0v) is 14.2. The summed E-state index contributed by atoms with van der Waals surface area (Å²) in [5.41, 5.74) is 2.08. The molecule has 1 unspecified atom stereocenters. The van der Waals surface area contributed by atoms with Crippen LogP contribution in [-0.4, -0.2) is 15.1 Å². The molecular weight excluding hydrogens is 236 g/mol. The molecule has 0 saturated heterocycles. The highest BCUT2D eigenvalue weighted by Gasteiger charge is 2.21. The molecule has 0 fully saturated rings. The van der Waals surface area contributed by atoms with Crippen molar-refractivity contribution in [3.63, 3.8) is 0 Å². The summed E-state index contributed by atoms with van der Waals surface area (Å²) in [5.74, 6) is 0. The van der Waals surface area contributed by atoms with Crippen molar-refractivity contribution in [3.8, 4) is 0 Å². The first-order valence-electron chi connectivity index (χ1n) is 7.73. The second-order valence-electron chi connectivity index (χ2n) is 7.17. The van der Waals surface area contributed by atoms with Crippen molar-refractivity contribution in [1.82, 2.24) is 0 Å². The zero-order chi connectivity index (χ0) is 13.6. The Balaban J connectivity index is 2.03. The van der Waals surface area contributed by atoms with E-state index in [-0.39, 0.29) is 0 Å². The third kappa shape index (κ3) is 8.10. The highest BCUT2D eigenvalue weighted by Crippen LogP contribution is 2.29. The molecule has 106 valence electrons. The van der Waals surface area contributed by atoms with Crippen LogP contribution in [0.3, 0.4) is 0 Å². The SMILES string of the molecule is C[SiH](C)OC(CCCCCCC(C)(C)C)C1=CC1. The Bertz CT molecular complexity index is 263. The fourth-order valence-corrected chi connectivity index (χ4v) is 3.30. The van der Waals surface area contributed by atoms with E-state index in [0.29, 0.717) is 11.5 Å². The molecule has 2 heteroatoms. The second kappa shape index (κ2) is 7.49. The van der Waals surface area contributed by atoms with Crippen molar-refractivity contribution >= 4 is 9.04 Å². The van der Waals surface area contributed by atoms with Gasteiger partial charge >= 0.3 is 0 Å². The monoisotopic (exact) mass is 268 g/mol. The largest absolute Gasteiger partial charge is 0.414 e. The third-order valence-corrected chi connectivity index (χ3v) is 4.31. The van der Waals surface area contributed by atoms with Crippen LogP contribution in [-0.2, 0) is 4.43 Å². The number of allylic oxidation sites excluding steroid dienone is 1. The van der Waals surface area contributed by atoms with Gasteiger partial charge in [0, 0.05) is 0 Å². The molecule has 0 aromatic rings. The summed E-state index contributed by atoms with van der Waals surface area (Å²) in [6.45, 7) is 11.6. The minimum Gasteiger partial charge on any atom is -0.414 e. The first kappa shape index (κ1) is 16.0. The molecule has 0 saturated carbocycles. The van der Waals surface area contributed by atoms with Gasteiger partial charge in [0.1, 0.15) is 0 Å². The van der Waals surface area contributed by atoms with Crippen LogP contribution >= 0.6 is 0 Å². The van der Waals surface area contributed by atoms with Gasteiger partial charge in [0.25, 0.3) is 0 Å². The summed E-state index contributed by atoms with van der Waals surface area (Å²) in [4.78, 5) is 0. The maximum absolute atomic E-state index is 6.11. The average molecular weight is 269 g/mol. The van der Waals surface area contributed by atoms with Gasteiger partial charge < -0.3 is 4.43 Å². The zero-order valence-electron chi connectivity index (χ0n) is 13.1. The molecule has 0 aromatic carbocycles. The first-order chi connectivity index (χ1) is 8.38. The van der Waals surface area contributed by atoms with Crippen LogP contribution in [0.1, 0.15) is 65.7 Å². The van der Waals surface area contributed by atoms with E-state index in [1.165, 1.54) is 44.9 Å². The molecule has 0 radical (unpaired) electrons. The minimum atomic E-state index is -0.873. The normalized spacial score (nSPS) is 16.9. The van der Waals surface area contributed by atoms with Crippen LogP contribution in [0.4, 0.5) is 0 Å². The Hall–Kier alpha value is -0.0831. The number of rotatable bonds is 9. The molecule has 0 aromatic heterocycles. The van der Waals surface area contributed by atoms with E-state index in [4.69, 9.17) is 4.43 Å². The molecular formula is C16H32OSi. The summed E-state index contributed by atoms with van der Waals surface area (Å²) in [7, 11) is -0.873. The molecule has 0 heterocycles. The Morgan fingerprint density at radius 2 is 1.78 bits per heavy atom. The molecule has 1 rings (SSSR count). The van der Waals surface area contributed by atoms with Gasteiger partial charge in [-0.25, -0.2) is 0 Å². The Morgan fingerprint density at radius 3 is 2.28 bits per heavy atom. The van der Waals surface area contributed by atoms with Gasteiger partial charge in [0.15, 0.2) is 9.04 Å². The second-order valence-corrected chi connectivity index (χ2v) is 9.54. The van der Waals surface area contributed by atoms with E-state index < -0.39 is 9.04 Å². The maximum atomic E-state index is 6.11. The van der Waals surface area contributed by atoms with Gasteiger partial charge in [-0.05, 0) is 43.3 Å². The van der Waals surface area contributed by atoms with Crippen molar-refractivity contribution < 1.29 is 4.43 Å². The van der Waals surface area contributed by atoms with Crippen LogP contribution < -0.4 is 0 Å². The Morgan fingerprint density at radius 1 is 1.17 bits per heavy atom. The van der Waals surface area contributed by atoms with Gasteiger partial charge in [-0.3, -0.25) is 0 Å². The smallest absolute Gasteiger partial charge is 0.171 e. The van der Waals surface area contributed by atoms with Gasteiger partial charge in [0.2, 0.25) is 0 Å². The summed E-state index contributed by atoms with van der Waals surface area (Å²) in [6, 6.07) is 0. The predicted molar refractivity (Wildman–Crippen MR) is 83.6 cm³/mol. The maximum Gasteiger partial charge on any atom is 0.171 e. The van der Waals surface area contributed by atoms with Crippen molar-refractivity contribution in [2.75, 3.05) is 0 Å². The van der Waals surface area contributed by atoms with Crippen LogP contribution in [0.15, 0.2) is 11.6 Å². The molecule has 0 N–H and O–H groups in total. The van der Waals surface area contributed by atoms with Gasteiger partial charge in [-0.1, -0.05) is 52.5 Å². The Labute approximate surface area is 116 Å². The minimum absolute atomic E-state index is 0.485. The van der Waals surface area contributed by atoms with Gasteiger partial charge in [-0.15, -0.1) is 0 Å². The molecule has 1 nitrogen and oxygen atoms in total. The molecule has 1 aliphatic carbocycles. The standard InChI is InChI=1S/C16H32OSi/c1-16(2,3)13-9-7-6-8-10-15(14-11-12-14)17-18(4)5/h11,15,18H,6-10,12-13H2,1-5H3. The van der Waals surface area contributed by atoms with Crippen LogP contribution in [0.25, 0.3) is 0 Å². The lowest BCUT2D eigenvalue weighted by Gasteiger charge is -2.19. The Kier molecular flexibility index (Phi) is 6.65. The molecule has 0 bridgehead atoms. The van der Waals surface area contributed by atoms with Crippen molar-refractivity contribution in [2.45, 2.75) is 84.9 Å². The average Bonchev–Trinajstić information content (AvgIpc) is 3.02. The number of hydrogen-bond acceptors (Lipinski definition) is 1. The highest BCUT2D eigenvalue weighted by atomic mass is 28.3. The summed E-state index contributed by atoms with van der Waals surface area (Å²) in [5, 5.41) is 0.